The topological polar surface area (TPSA) is 72.2 Å². The average molecular weight is 283 g/mol. The van der Waals surface area contributed by atoms with Gasteiger partial charge in [-0.25, -0.2) is 0 Å². The van der Waals surface area contributed by atoms with Crippen molar-refractivity contribution in [2.24, 2.45) is 0 Å². The second kappa shape index (κ2) is 7.14. The number of hydrogen-bond acceptors (Lipinski definition) is 3. The Morgan fingerprint density at radius 1 is 1.42 bits per heavy atom. The van der Waals surface area contributed by atoms with Gasteiger partial charge < -0.3 is 11.1 Å². The van der Waals surface area contributed by atoms with E-state index >= 15 is 0 Å². The molecule has 5 heteroatoms. The summed E-state index contributed by atoms with van der Waals surface area (Å²) in [5.41, 5.74) is 6.39. The largest absolute Gasteiger partial charge is 0.398 e. The number of benzene rings is 1. The van der Waals surface area contributed by atoms with Crippen molar-refractivity contribution >= 4 is 29.0 Å². The second-order valence-corrected chi connectivity index (χ2v) is 4.91. The Kier molecular flexibility index (Phi) is 5.83. The fourth-order valence-corrected chi connectivity index (χ4v) is 1.78. The molecule has 0 aliphatic rings. The second-order valence-electron chi connectivity index (χ2n) is 4.50. The molecule has 1 aromatic carbocycles. The highest BCUT2D eigenvalue weighted by Crippen LogP contribution is 2.19. The molecule has 0 unspecified atom stereocenters. The fourth-order valence-electron chi connectivity index (χ4n) is 1.60. The number of rotatable bonds is 6. The molecule has 19 heavy (non-hydrogen) atoms. The van der Waals surface area contributed by atoms with Gasteiger partial charge >= 0.3 is 0 Å². The number of nitrogen functional groups attached to an aromatic ring is 1. The maximum atomic E-state index is 11.9. The molecule has 0 aliphatic carbocycles. The number of nitrogens with one attached hydrogen (secondary N) is 1. The maximum Gasteiger partial charge on any atom is 0.251 e. The maximum absolute atomic E-state index is 11.9. The lowest BCUT2D eigenvalue weighted by molar-refractivity contribution is -0.120. The highest BCUT2D eigenvalue weighted by molar-refractivity contribution is 6.33. The summed E-state index contributed by atoms with van der Waals surface area (Å²) < 4.78 is 0. The Bertz CT molecular complexity index is 475. The van der Waals surface area contributed by atoms with E-state index in [0.29, 0.717) is 22.7 Å². The lowest BCUT2D eigenvalue weighted by Gasteiger charge is -2.13. The third-order valence-corrected chi connectivity index (χ3v) is 3.20. The Hall–Kier alpha value is -1.55. The van der Waals surface area contributed by atoms with E-state index in [9.17, 15) is 9.59 Å². The minimum Gasteiger partial charge on any atom is -0.398 e. The number of unbranched alkanes of at least 4 members (excludes halogenated alkanes) is 1. The van der Waals surface area contributed by atoms with Crippen molar-refractivity contribution in [3.8, 4) is 0 Å². The SMILES string of the molecule is CCCCC(=O)[C@H](C)NC(=O)c1ccc(N)c(Cl)c1. The molecule has 1 amide bonds. The van der Waals surface area contributed by atoms with E-state index < -0.39 is 6.04 Å². The van der Waals surface area contributed by atoms with Crippen LogP contribution in [0.2, 0.25) is 5.02 Å². The predicted octanol–water partition coefficient (Wildman–Crippen LogP) is 2.80. The van der Waals surface area contributed by atoms with Crippen molar-refractivity contribution in [3.05, 3.63) is 28.8 Å². The highest BCUT2D eigenvalue weighted by Gasteiger charge is 2.16. The van der Waals surface area contributed by atoms with Crippen molar-refractivity contribution in [3.63, 3.8) is 0 Å². The fraction of sp³-hybridized carbons (Fsp3) is 0.429. The Balaban J connectivity index is 2.63. The van der Waals surface area contributed by atoms with Crippen LogP contribution in [0.5, 0.6) is 0 Å². The number of halogens is 1. The minimum atomic E-state index is -0.490. The van der Waals surface area contributed by atoms with Gasteiger partial charge in [0.15, 0.2) is 5.78 Å². The van der Waals surface area contributed by atoms with Crippen LogP contribution in [0.3, 0.4) is 0 Å². The van der Waals surface area contributed by atoms with Crippen LogP contribution >= 0.6 is 11.6 Å². The summed E-state index contributed by atoms with van der Waals surface area (Å²) in [6.45, 7) is 3.71. The molecular formula is C14H19ClN2O2. The standard InChI is InChI=1S/C14H19ClN2O2/c1-3-4-5-13(18)9(2)17-14(19)10-6-7-12(16)11(15)8-10/h6-9H,3-5,16H2,1-2H3,(H,17,19)/t9-/m0/s1. The molecule has 0 radical (unpaired) electrons. The smallest absolute Gasteiger partial charge is 0.251 e. The van der Waals surface area contributed by atoms with Crippen LogP contribution in [0.25, 0.3) is 0 Å². The predicted molar refractivity (Wildman–Crippen MR) is 77.3 cm³/mol. The summed E-state index contributed by atoms with van der Waals surface area (Å²) >= 11 is 5.85. The molecular weight excluding hydrogens is 264 g/mol. The number of amides is 1. The number of nitrogens with two attached hydrogens (primary N) is 1. The van der Waals surface area contributed by atoms with E-state index in [4.69, 9.17) is 17.3 Å². The number of anilines is 1. The van der Waals surface area contributed by atoms with Crippen molar-refractivity contribution in [1.82, 2.24) is 5.32 Å². The van der Waals surface area contributed by atoms with Crippen LogP contribution in [0.1, 0.15) is 43.5 Å². The first-order valence-corrected chi connectivity index (χ1v) is 6.72. The summed E-state index contributed by atoms with van der Waals surface area (Å²) in [7, 11) is 0. The zero-order valence-electron chi connectivity index (χ0n) is 11.2. The van der Waals surface area contributed by atoms with Gasteiger partial charge in [0, 0.05) is 12.0 Å². The number of Topliss-reactive ketones (excluding diaryl/α,β-unsaturated/α-hetero) is 1. The normalized spacial score (nSPS) is 11.9. The van der Waals surface area contributed by atoms with E-state index in [1.165, 1.54) is 6.07 Å². The Morgan fingerprint density at radius 2 is 2.11 bits per heavy atom. The third kappa shape index (κ3) is 4.56. The average Bonchev–Trinajstić information content (AvgIpc) is 2.38. The minimum absolute atomic E-state index is 0.0386. The van der Waals surface area contributed by atoms with Crippen molar-refractivity contribution in [2.75, 3.05) is 5.73 Å². The molecule has 1 aromatic rings. The molecule has 0 aromatic heterocycles. The van der Waals surface area contributed by atoms with Crippen LogP contribution in [-0.4, -0.2) is 17.7 Å². The Morgan fingerprint density at radius 3 is 2.68 bits per heavy atom. The summed E-state index contributed by atoms with van der Waals surface area (Å²) in [5, 5.41) is 2.99. The molecule has 3 N–H and O–H groups in total. The first-order valence-electron chi connectivity index (χ1n) is 6.34. The van der Waals surface area contributed by atoms with Crippen LogP contribution in [-0.2, 0) is 4.79 Å². The first kappa shape index (κ1) is 15.5. The van der Waals surface area contributed by atoms with Gasteiger partial charge in [-0.1, -0.05) is 24.9 Å². The molecule has 104 valence electrons. The molecule has 1 rings (SSSR count). The van der Waals surface area contributed by atoms with Gasteiger partial charge in [0.2, 0.25) is 0 Å². The van der Waals surface area contributed by atoms with E-state index in [2.05, 4.69) is 5.32 Å². The van der Waals surface area contributed by atoms with Gasteiger partial charge in [0.1, 0.15) is 0 Å². The summed E-state index contributed by atoms with van der Waals surface area (Å²) in [6.07, 6.45) is 2.28. The van der Waals surface area contributed by atoms with Gasteiger partial charge in [-0.15, -0.1) is 0 Å². The summed E-state index contributed by atoms with van der Waals surface area (Å²) in [6, 6.07) is 4.16. The first-order chi connectivity index (χ1) is 8.95. The van der Waals surface area contributed by atoms with Gasteiger partial charge in [-0.2, -0.15) is 0 Å². The van der Waals surface area contributed by atoms with Crippen molar-refractivity contribution < 1.29 is 9.59 Å². The van der Waals surface area contributed by atoms with E-state index in [-0.39, 0.29) is 11.7 Å². The molecule has 0 fully saturated rings. The lowest BCUT2D eigenvalue weighted by atomic mass is 10.1. The van der Waals surface area contributed by atoms with Gasteiger partial charge in [-0.3, -0.25) is 9.59 Å². The third-order valence-electron chi connectivity index (χ3n) is 2.87. The number of hydrogen-bond donors (Lipinski definition) is 2. The lowest BCUT2D eigenvalue weighted by Crippen LogP contribution is -2.38. The number of carbonyl (C=O) groups is 2. The van der Waals surface area contributed by atoms with Gasteiger partial charge in [0.05, 0.1) is 16.8 Å². The zero-order valence-corrected chi connectivity index (χ0v) is 12.0. The molecule has 0 saturated heterocycles. The molecule has 0 bridgehead atoms. The van der Waals surface area contributed by atoms with Crippen LogP contribution in [0.15, 0.2) is 18.2 Å². The summed E-state index contributed by atoms with van der Waals surface area (Å²) in [4.78, 5) is 23.7. The van der Waals surface area contributed by atoms with Crippen molar-refractivity contribution in [2.45, 2.75) is 39.2 Å². The van der Waals surface area contributed by atoms with Crippen LogP contribution in [0, 0.1) is 0 Å². The Labute approximate surface area is 118 Å². The van der Waals surface area contributed by atoms with E-state index in [1.54, 1.807) is 19.1 Å². The molecule has 0 aliphatic heterocycles. The van der Waals surface area contributed by atoms with E-state index in [0.717, 1.165) is 12.8 Å². The van der Waals surface area contributed by atoms with Gasteiger partial charge in [-0.05, 0) is 31.5 Å². The zero-order chi connectivity index (χ0) is 14.4. The quantitative estimate of drug-likeness (QED) is 0.788. The molecule has 4 nitrogen and oxygen atoms in total. The van der Waals surface area contributed by atoms with E-state index in [1.807, 2.05) is 6.92 Å². The van der Waals surface area contributed by atoms with Crippen LogP contribution in [0.4, 0.5) is 5.69 Å². The number of carbonyl (C=O) groups excluding carboxylic acids is 2. The summed E-state index contributed by atoms with van der Waals surface area (Å²) in [5.74, 6) is -0.281. The monoisotopic (exact) mass is 282 g/mol. The molecule has 0 saturated carbocycles. The molecule has 1 atom stereocenters. The van der Waals surface area contributed by atoms with Crippen LogP contribution < -0.4 is 11.1 Å². The highest BCUT2D eigenvalue weighted by atomic mass is 35.5. The number of ketones is 1. The van der Waals surface area contributed by atoms with Gasteiger partial charge in [0.25, 0.3) is 5.91 Å². The van der Waals surface area contributed by atoms with Crippen molar-refractivity contribution in [1.29, 1.82) is 0 Å². The molecule has 0 heterocycles. The molecule has 0 spiro atoms.